The molecule has 0 aromatic heterocycles. The highest BCUT2D eigenvalue weighted by Gasteiger charge is 2.27. The van der Waals surface area contributed by atoms with Crippen molar-refractivity contribution in [2.75, 3.05) is 4.66 Å². The summed E-state index contributed by atoms with van der Waals surface area (Å²) in [5.74, 6) is 0. The number of alkyl halides is 1. The molecule has 0 saturated heterocycles. The lowest BCUT2D eigenvalue weighted by molar-refractivity contribution is 1.14. The van der Waals surface area contributed by atoms with Gasteiger partial charge in [-0.1, -0.05) is 17.7 Å². The summed E-state index contributed by atoms with van der Waals surface area (Å²) in [6.45, 7) is 11.1. The van der Waals surface area contributed by atoms with Crippen LogP contribution in [-0.4, -0.2) is 4.66 Å². The van der Waals surface area contributed by atoms with Crippen molar-refractivity contribution in [3.63, 3.8) is 0 Å². The SMILES string of the molecule is Cc1ccc([S+](CBr)c2cc(C)c(C)c(C)c2C)cc1. The monoisotopic (exact) mass is 349 g/mol. The summed E-state index contributed by atoms with van der Waals surface area (Å²) >= 11 is 3.72. The topological polar surface area (TPSA) is 0 Å². The highest BCUT2D eigenvalue weighted by atomic mass is 79.9. The minimum atomic E-state index is 0.110. The Kier molecular flexibility index (Phi) is 4.98. The number of rotatable bonds is 3. The van der Waals surface area contributed by atoms with Crippen LogP contribution >= 0.6 is 15.9 Å². The van der Waals surface area contributed by atoms with Crippen LogP contribution in [0.4, 0.5) is 0 Å². The van der Waals surface area contributed by atoms with E-state index >= 15 is 0 Å². The first kappa shape index (κ1) is 15.7. The van der Waals surface area contributed by atoms with E-state index < -0.39 is 0 Å². The van der Waals surface area contributed by atoms with Crippen LogP contribution in [0.5, 0.6) is 0 Å². The van der Waals surface area contributed by atoms with Crippen molar-refractivity contribution >= 4 is 26.8 Å². The highest BCUT2D eigenvalue weighted by molar-refractivity contribution is 9.10. The molecule has 0 heterocycles. The Hall–Kier alpha value is -0.730. The van der Waals surface area contributed by atoms with Gasteiger partial charge in [-0.05, 0) is 85.4 Å². The van der Waals surface area contributed by atoms with Crippen LogP contribution in [0.1, 0.15) is 27.8 Å². The first-order valence-corrected chi connectivity index (χ1v) is 9.38. The third kappa shape index (κ3) is 2.96. The van der Waals surface area contributed by atoms with Crippen LogP contribution in [0.25, 0.3) is 0 Å². The zero-order valence-corrected chi connectivity index (χ0v) is 15.3. The predicted molar refractivity (Wildman–Crippen MR) is 94.3 cm³/mol. The van der Waals surface area contributed by atoms with E-state index in [1.807, 2.05) is 0 Å². The van der Waals surface area contributed by atoms with Gasteiger partial charge in [0.15, 0.2) is 14.5 Å². The van der Waals surface area contributed by atoms with Crippen molar-refractivity contribution in [1.29, 1.82) is 0 Å². The first-order chi connectivity index (χ1) is 9.45. The fourth-order valence-electron chi connectivity index (χ4n) is 2.38. The van der Waals surface area contributed by atoms with Gasteiger partial charge in [0.25, 0.3) is 0 Å². The number of halogens is 1. The second-order valence-electron chi connectivity index (χ2n) is 5.38. The van der Waals surface area contributed by atoms with E-state index in [0.29, 0.717) is 0 Å². The molecule has 2 aromatic carbocycles. The Labute approximate surface area is 134 Å². The van der Waals surface area contributed by atoms with Crippen LogP contribution in [0.3, 0.4) is 0 Å². The van der Waals surface area contributed by atoms with Gasteiger partial charge in [0.2, 0.25) is 0 Å². The zero-order valence-electron chi connectivity index (χ0n) is 12.9. The molecule has 1 unspecified atom stereocenters. The molecule has 0 aliphatic carbocycles. The fourth-order valence-corrected chi connectivity index (χ4v) is 5.72. The molecule has 0 bridgehead atoms. The van der Waals surface area contributed by atoms with Crippen LogP contribution in [0, 0.1) is 34.6 Å². The van der Waals surface area contributed by atoms with Crippen molar-refractivity contribution in [2.24, 2.45) is 0 Å². The largest absolute Gasteiger partial charge is 0.173 e. The quantitative estimate of drug-likeness (QED) is 0.498. The molecule has 106 valence electrons. The normalized spacial score (nSPS) is 12.5. The van der Waals surface area contributed by atoms with Crippen LogP contribution in [0.2, 0.25) is 0 Å². The van der Waals surface area contributed by atoms with Crippen molar-refractivity contribution in [3.05, 3.63) is 58.1 Å². The molecule has 0 aliphatic heterocycles. The summed E-state index contributed by atoms with van der Waals surface area (Å²) in [6, 6.07) is 11.3. The van der Waals surface area contributed by atoms with Gasteiger partial charge >= 0.3 is 0 Å². The molecule has 0 aliphatic rings. The Bertz CT molecular complexity index is 614. The summed E-state index contributed by atoms with van der Waals surface area (Å²) < 4.78 is 0.985. The van der Waals surface area contributed by atoms with Gasteiger partial charge in [-0.3, -0.25) is 0 Å². The third-order valence-corrected chi connectivity index (χ3v) is 7.50. The van der Waals surface area contributed by atoms with E-state index in [0.717, 1.165) is 4.66 Å². The molecule has 1 atom stereocenters. The predicted octanol–water partition coefficient (Wildman–Crippen LogP) is 5.62. The molecule has 0 N–H and O–H groups in total. The molecular weight excluding hydrogens is 328 g/mol. The molecule has 0 saturated carbocycles. The smallest absolute Gasteiger partial charge is 0.0543 e. The lowest BCUT2D eigenvalue weighted by Gasteiger charge is -2.14. The van der Waals surface area contributed by atoms with Gasteiger partial charge in [0.1, 0.15) is 0 Å². The second-order valence-corrected chi connectivity index (χ2v) is 8.66. The molecule has 0 amide bonds. The maximum atomic E-state index is 3.72. The lowest BCUT2D eigenvalue weighted by atomic mass is 10.00. The number of hydrogen-bond acceptors (Lipinski definition) is 0. The van der Waals surface area contributed by atoms with Gasteiger partial charge < -0.3 is 0 Å². The molecule has 2 aromatic rings. The van der Waals surface area contributed by atoms with Gasteiger partial charge in [-0.15, -0.1) is 0 Å². The average Bonchev–Trinajstić information content (AvgIpc) is 2.44. The maximum Gasteiger partial charge on any atom is 0.173 e. The van der Waals surface area contributed by atoms with Crippen molar-refractivity contribution in [3.8, 4) is 0 Å². The van der Waals surface area contributed by atoms with Crippen molar-refractivity contribution in [2.45, 2.75) is 44.4 Å². The van der Waals surface area contributed by atoms with E-state index in [-0.39, 0.29) is 10.9 Å². The molecule has 0 radical (unpaired) electrons. The van der Waals surface area contributed by atoms with E-state index in [1.54, 1.807) is 0 Å². The maximum absolute atomic E-state index is 3.72. The van der Waals surface area contributed by atoms with Crippen molar-refractivity contribution in [1.82, 2.24) is 0 Å². The average molecular weight is 350 g/mol. The van der Waals surface area contributed by atoms with Crippen LogP contribution in [0.15, 0.2) is 40.1 Å². The summed E-state index contributed by atoms with van der Waals surface area (Å²) in [7, 11) is 0.110. The number of hydrogen-bond donors (Lipinski definition) is 0. The summed E-state index contributed by atoms with van der Waals surface area (Å²) in [5.41, 5.74) is 7.02. The van der Waals surface area contributed by atoms with Gasteiger partial charge in [0, 0.05) is 5.56 Å². The van der Waals surface area contributed by atoms with E-state index in [4.69, 9.17) is 0 Å². The summed E-state index contributed by atoms with van der Waals surface area (Å²) in [6.07, 6.45) is 0. The minimum Gasteiger partial charge on any atom is -0.0543 e. The molecule has 0 fully saturated rings. The van der Waals surface area contributed by atoms with Crippen LogP contribution < -0.4 is 0 Å². The molecule has 2 heteroatoms. The Balaban J connectivity index is 2.55. The van der Waals surface area contributed by atoms with Gasteiger partial charge in [-0.25, -0.2) is 0 Å². The molecule has 2 rings (SSSR count). The molecule has 0 nitrogen and oxygen atoms in total. The number of aryl methyl sites for hydroxylation is 2. The van der Waals surface area contributed by atoms with Gasteiger partial charge in [0.05, 0.1) is 10.9 Å². The molecule has 0 spiro atoms. The summed E-state index contributed by atoms with van der Waals surface area (Å²) in [5, 5.41) is 0. The molecule has 20 heavy (non-hydrogen) atoms. The zero-order chi connectivity index (χ0) is 14.9. The van der Waals surface area contributed by atoms with E-state index in [9.17, 15) is 0 Å². The summed E-state index contributed by atoms with van der Waals surface area (Å²) in [4.78, 5) is 2.89. The fraction of sp³-hybridized carbons (Fsp3) is 0.333. The van der Waals surface area contributed by atoms with E-state index in [2.05, 4.69) is 80.9 Å². The first-order valence-electron chi connectivity index (χ1n) is 6.86. The standard InChI is InChI=1S/C18H22BrS/c1-12-6-8-17(9-7-12)20(11-19)18-10-13(2)14(3)15(4)16(18)5/h6-10H,11H2,1-5H3/q+1. The Morgan fingerprint density at radius 3 is 2.00 bits per heavy atom. The second kappa shape index (κ2) is 6.36. The number of benzene rings is 2. The van der Waals surface area contributed by atoms with Crippen molar-refractivity contribution < 1.29 is 0 Å². The minimum absolute atomic E-state index is 0.110. The Morgan fingerprint density at radius 1 is 0.850 bits per heavy atom. The third-order valence-electron chi connectivity index (χ3n) is 4.11. The highest BCUT2D eigenvalue weighted by Crippen LogP contribution is 2.32. The van der Waals surface area contributed by atoms with Gasteiger partial charge in [-0.2, -0.15) is 0 Å². The molecular formula is C18H22BrS+. The Morgan fingerprint density at radius 2 is 1.45 bits per heavy atom. The van der Waals surface area contributed by atoms with E-state index in [1.165, 1.54) is 37.6 Å². The lowest BCUT2D eigenvalue weighted by Crippen LogP contribution is -2.09. The van der Waals surface area contributed by atoms with Crippen LogP contribution in [-0.2, 0) is 10.9 Å².